The maximum atomic E-state index is 5.53. The molecule has 0 nitrogen and oxygen atoms in total. The van der Waals surface area contributed by atoms with Crippen LogP contribution in [-0.2, 0) is 0 Å². The predicted molar refractivity (Wildman–Crippen MR) is 61.7 cm³/mol. The molecule has 0 heterocycles. The van der Waals surface area contributed by atoms with E-state index in [0.29, 0.717) is 0 Å². The van der Waals surface area contributed by atoms with Crippen molar-refractivity contribution in [1.29, 1.82) is 0 Å². The van der Waals surface area contributed by atoms with E-state index in [4.69, 9.17) is 7.01 Å². The van der Waals surface area contributed by atoms with Gasteiger partial charge < -0.3 is 0 Å². The predicted octanol–water partition coefficient (Wildman–Crippen LogP) is -2.56. The van der Waals surface area contributed by atoms with Gasteiger partial charge in [-0.1, -0.05) is 0 Å². The minimum atomic E-state index is -0.377. The standard InChI is InChI=1S/CH5B8P/c1-10(3)9-8-7-6-5-4-2/h2H2,1H3. The van der Waals surface area contributed by atoms with Crippen molar-refractivity contribution >= 4 is 61.8 Å². The summed E-state index contributed by atoms with van der Waals surface area (Å²) in [5, 5.41) is 0. The summed E-state index contributed by atoms with van der Waals surface area (Å²) in [6.45, 7) is 13.9. The first-order valence-corrected chi connectivity index (χ1v) is 5.13. The molecule has 0 bridgehead atoms. The molecule has 0 saturated heterocycles. The van der Waals surface area contributed by atoms with Gasteiger partial charge >= 0.3 is 68.5 Å². The van der Waals surface area contributed by atoms with Crippen molar-refractivity contribution in [1.82, 2.24) is 0 Å². The van der Waals surface area contributed by atoms with Crippen LogP contribution < -0.4 is 0 Å². The summed E-state index contributed by atoms with van der Waals surface area (Å²) in [4.78, 5) is 0. The molecule has 10 heavy (non-hydrogen) atoms. The van der Waals surface area contributed by atoms with Gasteiger partial charge in [-0.25, -0.2) is 0 Å². The monoisotopic (exact) mass is 136 g/mol. The van der Waals surface area contributed by atoms with Gasteiger partial charge in [0.1, 0.15) is 0 Å². The number of hydrogen-bond acceptors (Lipinski definition) is 0. The number of hydrogen-bond donors (Lipinski definition) is 0. The van der Waals surface area contributed by atoms with Crippen molar-refractivity contribution in [2.45, 2.75) is 0 Å². The summed E-state index contributed by atoms with van der Waals surface area (Å²) in [6.07, 6.45) is 0. The Balaban J connectivity index is 3.66. The van der Waals surface area contributed by atoms with Crippen molar-refractivity contribution in [2.24, 2.45) is 0 Å². The van der Waals surface area contributed by atoms with Crippen LogP contribution in [0, 0.1) is 0 Å². The van der Waals surface area contributed by atoms with Gasteiger partial charge in [-0.3, -0.25) is 0 Å². The van der Waals surface area contributed by atoms with Gasteiger partial charge in [0.05, 0.1) is 0 Å². The van der Waals surface area contributed by atoms with E-state index < -0.39 is 0 Å². The Bertz CT molecular complexity index is 215. The van der Waals surface area contributed by atoms with E-state index in [9.17, 15) is 0 Å². The molecule has 0 N–H and O–H groups in total. The third-order valence-corrected chi connectivity index (χ3v) is 1.49. The molecular formula is CH5B8P. The molecule has 0 aliphatic carbocycles. The summed E-state index contributed by atoms with van der Waals surface area (Å²) in [5.41, 5.74) is 0. The molecular weight excluding hydrogens is 129 g/mol. The van der Waals surface area contributed by atoms with Crippen LogP contribution in [-0.4, -0.2) is 61.4 Å². The van der Waals surface area contributed by atoms with Gasteiger partial charge in [-0.15, -0.1) is 0 Å². The topological polar surface area (TPSA) is 0 Å². The fourth-order valence-electron chi connectivity index (χ4n) is 0.425. The van der Waals surface area contributed by atoms with Crippen molar-refractivity contribution < 1.29 is 0 Å². The third kappa shape index (κ3) is 8.82. The Labute approximate surface area is 68.9 Å². The Morgan fingerprint density at radius 1 is 1.20 bits per heavy atom. The molecule has 0 amide bonds. The molecule has 1 unspecified atom stereocenters. The zero-order chi connectivity index (χ0) is 7.82. The van der Waals surface area contributed by atoms with Crippen LogP contribution >= 0.6 is 7.12 Å². The van der Waals surface area contributed by atoms with Crippen molar-refractivity contribution in [3.8, 4) is 0 Å². The van der Waals surface area contributed by atoms with E-state index in [1.165, 1.54) is 0 Å². The quantitative estimate of drug-likeness (QED) is 0.288. The van der Waals surface area contributed by atoms with Crippen LogP contribution in [0.1, 0.15) is 0 Å². The molecule has 1 atom stereocenters. The molecule has 0 saturated carbocycles. The fourth-order valence-corrected chi connectivity index (χ4v) is 0.796. The van der Waals surface area contributed by atoms with Crippen molar-refractivity contribution in [3.63, 3.8) is 0 Å². The minimum absolute atomic E-state index is 0.377. The summed E-state index contributed by atoms with van der Waals surface area (Å²) >= 11 is 0. The summed E-state index contributed by atoms with van der Waals surface area (Å²) < 4.78 is 0. The van der Waals surface area contributed by atoms with Gasteiger partial charge in [0, 0.05) is 0 Å². The maximum absolute atomic E-state index is 5.53. The van der Waals surface area contributed by atoms with E-state index in [2.05, 4.69) is 0 Å². The third-order valence-electron chi connectivity index (χ3n) is 0.847. The zero-order valence-electron chi connectivity index (χ0n) is 6.49. The number of rotatable bonds is 2. The molecule has 0 rings (SSSR count). The van der Waals surface area contributed by atoms with Gasteiger partial charge in [0.25, 0.3) is 0 Å². The molecule has 9 heteroatoms. The second kappa shape index (κ2) is 7.92. The van der Waals surface area contributed by atoms with E-state index >= 15 is 0 Å². The first-order valence-electron chi connectivity index (χ1n) is 3.21. The van der Waals surface area contributed by atoms with Gasteiger partial charge in [-0.05, 0) is 0 Å². The first-order chi connectivity index (χ1) is 4.77. The second-order valence-electron chi connectivity index (χ2n) is 1.92. The average molecular weight is 135 g/mol. The first kappa shape index (κ1) is 10.8. The van der Waals surface area contributed by atoms with Crippen molar-refractivity contribution in [2.75, 3.05) is 6.66 Å². The Kier molecular flexibility index (Phi) is 8.57. The molecule has 0 aliphatic rings. The average Bonchev–Trinajstić information content (AvgIpc) is 1.87. The van der Waals surface area contributed by atoms with E-state index in [1.54, 1.807) is 0 Å². The summed E-state index contributed by atoms with van der Waals surface area (Å²) in [7, 11) is 7.15. The van der Waals surface area contributed by atoms with Crippen LogP contribution in [0.25, 0.3) is 0 Å². The SMILES string of the molecule is B#P(C)B=BB=BB=BB. The van der Waals surface area contributed by atoms with Crippen LogP contribution in [0.3, 0.4) is 0 Å². The van der Waals surface area contributed by atoms with Gasteiger partial charge in [-0.2, -0.15) is 0 Å². The molecule has 38 valence electrons. The van der Waals surface area contributed by atoms with Crippen LogP contribution in [0.4, 0.5) is 0 Å². The van der Waals surface area contributed by atoms with E-state index in [-0.39, 0.29) is 7.12 Å². The Morgan fingerprint density at radius 2 is 1.80 bits per heavy atom. The fraction of sp³-hybridized carbons (Fsp3) is 1.00. The molecule has 0 aromatic carbocycles. The Morgan fingerprint density at radius 3 is 2.30 bits per heavy atom. The molecule has 0 radical (unpaired) electrons. The Hall–Kier alpha value is 0.819. The molecule has 0 aromatic heterocycles. The molecule has 0 aliphatic heterocycles. The molecule has 0 fully saturated rings. The van der Waals surface area contributed by atoms with Crippen LogP contribution in [0.5, 0.6) is 0 Å². The second-order valence-corrected chi connectivity index (χ2v) is 3.55. The van der Waals surface area contributed by atoms with Gasteiger partial charge in [0.2, 0.25) is 0 Å². The summed E-state index contributed by atoms with van der Waals surface area (Å²) in [5.74, 6) is 0. The zero-order valence-corrected chi connectivity index (χ0v) is 7.38. The molecule has 0 aromatic rings. The molecule has 0 spiro atoms. The van der Waals surface area contributed by atoms with E-state index in [1.807, 2.05) is 54.4 Å². The summed E-state index contributed by atoms with van der Waals surface area (Å²) in [6, 6.07) is 0. The van der Waals surface area contributed by atoms with E-state index in [0.717, 1.165) is 0 Å². The van der Waals surface area contributed by atoms with Gasteiger partial charge in [0.15, 0.2) is 0 Å². The van der Waals surface area contributed by atoms with Crippen LogP contribution in [0.2, 0.25) is 0 Å². The van der Waals surface area contributed by atoms with Crippen LogP contribution in [0.15, 0.2) is 0 Å². The normalized spacial score (nSPS) is 9.30. The van der Waals surface area contributed by atoms with Crippen molar-refractivity contribution in [3.05, 3.63) is 0 Å².